The fraction of sp³-hybridized carbons (Fsp3) is 0.238. The number of hydrogen-bond donors (Lipinski definition) is 0. The van der Waals surface area contributed by atoms with Crippen LogP contribution in [-0.2, 0) is 19.5 Å². The van der Waals surface area contributed by atoms with Gasteiger partial charge < -0.3 is 0 Å². The second-order valence-corrected chi connectivity index (χ2v) is 5.62. The van der Waals surface area contributed by atoms with Gasteiger partial charge in [0.15, 0.2) is 0 Å². The van der Waals surface area contributed by atoms with Crippen LogP contribution in [0.15, 0.2) is 48.7 Å². The van der Waals surface area contributed by atoms with Crippen molar-refractivity contribution in [2.45, 2.75) is 34.6 Å². The van der Waals surface area contributed by atoms with Crippen LogP contribution in [-0.4, -0.2) is 4.98 Å². The molecule has 0 unspecified atom stereocenters. The first kappa shape index (κ1) is 19.4. The maximum atomic E-state index is 4.19. The van der Waals surface area contributed by atoms with Gasteiger partial charge in [-0.15, -0.1) is 18.2 Å². The molecule has 0 aliphatic rings. The first-order valence-electron chi connectivity index (χ1n) is 7.60. The molecule has 0 saturated heterocycles. The molecule has 0 aliphatic heterocycles. The minimum Gasteiger partial charge on any atom is -0.296 e. The summed E-state index contributed by atoms with van der Waals surface area (Å²) in [5.41, 5.74) is 9.35. The van der Waals surface area contributed by atoms with Crippen molar-refractivity contribution in [2.75, 3.05) is 0 Å². The predicted molar refractivity (Wildman–Crippen MR) is 94.2 cm³/mol. The van der Waals surface area contributed by atoms with Crippen LogP contribution < -0.4 is 0 Å². The molecule has 3 rings (SSSR count). The molecule has 1 radical (unpaired) electrons. The van der Waals surface area contributed by atoms with Crippen LogP contribution in [0.3, 0.4) is 0 Å². The van der Waals surface area contributed by atoms with Crippen molar-refractivity contribution in [1.82, 2.24) is 4.98 Å². The van der Waals surface area contributed by atoms with E-state index in [9.17, 15) is 0 Å². The Morgan fingerprint density at radius 3 is 1.83 bits per heavy atom. The minimum absolute atomic E-state index is 0. The van der Waals surface area contributed by atoms with E-state index in [4.69, 9.17) is 0 Å². The summed E-state index contributed by atoms with van der Waals surface area (Å²) in [5, 5.41) is 0. The Labute approximate surface area is 152 Å². The summed E-state index contributed by atoms with van der Waals surface area (Å²) in [6, 6.07) is 16.9. The Balaban J connectivity index is 0.000000224. The van der Waals surface area contributed by atoms with Crippen molar-refractivity contribution in [3.63, 3.8) is 0 Å². The standard InChI is InChI=1S/C11H8N.C10H15.Rh/c1-2-6-10(7-3-1)11-8-4-5-9-12-11;1-6-7(2)9(4)10(5)8(6)3;/h1-7,9H;1-5H3;/q2*-1;+2. The largest absolute Gasteiger partial charge is 2.00 e. The molecule has 0 saturated carbocycles. The van der Waals surface area contributed by atoms with Crippen molar-refractivity contribution in [3.05, 3.63) is 82.5 Å². The second-order valence-electron chi connectivity index (χ2n) is 5.62. The zero-order chi connectivity index (χ0) is 16.1. The summed E-state index contributed by atoms with van der Waals surface area (Å²) < 4.78 is 0. The van der Waals surface area contributed by atoms with Gasteiger partial charge in [-0.25, -0.2) is 0 Å². The first-order chi connectivity index (χ1) is 10.5. The van der Waals surface area contributed by atoms with Crippen LogP contribution >= 0.6 is 0 Å². The molecule has 0 spiro atoms. The van der Waals surface area contributed by atoms with E-state index in [2.05, 4.69) is 45.7 Å². The van der Waals surface area contributed by atoms with Gasteiger partial charge in [0.25, 0.3) is 0 Å². The van der Waals surface area contributed by atoms with E-state index in [-0.39, 0.29) is 19.5 Å². The predicted octanol–water partition coefficient (Wildman–Crippen LogP) is 5.49. The molecule has 3 aromatic rings. The normalized spacial score (nSPS) is 9.61. The molecule has 2 aromatic carbocycles. The van der Waals surface area contributed by atoms with Crippen LogP contribution in [0, 0.1) is 40.7 Å². The van der Waals surface area contributed by atoms with Crippen LogP contribution in [0.5, 0.6) is 0 Å². The summed E-state index contributed by atoms with van der Waals surface area (Å²) >= 11 is 0. The van der Waals surface area contributed by atoms with E-state index in [1.54, 1.807) is 6.20 Å². The Hall–Kier alpha value is -1.66. The third-order valence-electron chi connectivity index (χ3n) is 4.47. The minimum atomic E-state index is 0. The fourth-order valence-corrected chi connectivity index (χ4v) is 2.49. The summed E-state index contributed by atoms with van der Waals surface area (Å²) in [5.74, 6) is 0. The summed E-state index contributed by atoms with van der Waals surface area (Å²) in [4.78, 5) is 4.19. The molecule has 1 heterocycles. The number of benzene rings is 1. The molecule has 23 heavy (non-hydrogen) atoms. The maximum Gasteiger partial charge on any atom is 2.00 e. The topological polar surface area (TPSA) is 12.9 Å². The van der Waals surface area contributed by atoms with Crippen LogP contribution in [0.1, 0.15) is 27.8 Å². The Morgan fingerprint density at radius 1 is 0.870 bits per heavy atom. The van der Waals surface area contributed by atoms with E-state index in [1.807, 2.05) is 42.5 Å². The first-order valence-corrected chi connectivity index (χ1v) is 7.60. The Bertz CT molecular complexity index is 610. The monoisotopic (exact) mass is 392 g/mol. The quantitative estimate of drug-likeness (QED) is 0.394. The third kappa shape index (κ3) is 4.66. The molecule has 0 amide bonds. The molecule has 0 atom stereocenters. The van der Waals surface area contributed by atoms with Crippen molar-refractivity contribution in [1.29, 1.82) is 0 Å². The summed E-state index contributed by atoms with van der Waals surface area (Å²) in [7, 11) is 0. The van der Waals surface area contributed by atoms with Gasteiger partial charge in [-0.3, -0.25) is 4.98 Å². The van der Waals surface area contributed by atoms with E-state index >= 15 is 0 Å². The van der Waals surface area contributed by atoms with Crippen LogP contribution in [0.2, 0.25) is 0 Å². The molecule has 0 bridgehead atoms. The second kappa shape index (κ2) is 8.84. The molecule has 0 N–H and O–H groups in total. The average molecular weight is 392 g/mol. The van der Waals surface area contributed by atoms with Gasteiger partial charge in [0.2, 0.25) is 0 Å². The van der Waals surface area contributed by atoms with E-state index in [0.29, 0.717) is 0 Å². The Kier molecular flexibility index (Phi) is 7.45. The van der Waals surface area contributed by atoms with Crippen molar-refractivity contribution in [2.24, 2.45) is 0 Å². The van der Waals surface area contributed by atoms with Gasteiger partial charge in [-0.1, -0.05) is 58.4 Å². The zero-order valence-electron chi connectivity index (χ0n) is 14.4. The average Bonchev–Trinajstić information content (AvgIpc) is 2.75. The van der Waals surface area contributed by atoms with E-state index in [0.717, 1.165) is 11.3 Å². The van der Waals surface area contributed by atoms with Crippen molar-refractivity contribution < 1.29 is 19.5 Å². The molecule has 0 aliphatic carbocycles. The fourth-order valence-electron chi connectivity index (χ4n) is 2.49. The smallest absolute Gasteiger partial charge is 0.296 e. The van der Waals surface area contributed by atoms with Gasteiger partial charge in [-0.2, -0.15) is 39.9 Å². The Morgan fingerprint density at radius 2 is 1.43 bits per heavy atom. The molecule has 1 nitrogen and oxygen atoms in total. The number of pyridine rings is 1. The van der Waals surface area contributed by atoms with Crippen LogP contribution in [0.25, 0.3) is 11.3 Å². The molecular formula is C21H23NRh. The van der Waals surface area contributed by atoms with Gasteiger partial charge in [-0.05, 0) is 11.9 Å². The van der Waals surface area contributed by atoms with Gasteiger partial charge in [0.05, 0.1) is 0 Å². The molecule has 1 aromatic heterocycles. The molecule has 2 heteroatoms. The summed E-state index contributed by atoms with van der Waals surface area (Å²) in [6.45, 7) is 11.0. The van der Waals surface area contributed by atoms with Gasteiger partial charge in [0, 0.05) is 0 Å². The molecule has 121 valence electrons. The summed E-state index contributed by atoms with van der Waals surface area (Å²) in [6.07, 6.45) is 1.78. The molecule has 0 fully saturated rings. The van der Waals surface area contributed by atoms with E-state index < -0.39 is 0 Å². The van der Waals surface area contributed by atoms with Crippen LogP contribution in [0.4, 0.5) is 0 Å². The number of nitrogens with zero attached hydrogens (tertiary/aromatic N) is 1. The van der Waals surface area contributed by atoms with Gasteiger partial charge in [0.1, 0.15) is 0 Å². The van der Waals surface area contributed by atoms with Crippen molar-refractivity contribution >= 4 is 0 Å². The number of rotatable bonds is 1. The van der Waals surface area contributed by atoms with Crippen molar-refractivity contribution in [3.8, 4) is 11.3 Å². The SMILES string of the molecule is Cc1c(C)c(C)[c-](C)c1C.[Rh+2].[c-]1cccnc1-c1ccccc1. The zero-order valence-corrected chi connectivity index (χ0v) is 16.0. The molecular weight excluding hydrogens is 369 g/mol. The maximum absolute atomic E-state index is 4.19. The van der Waals surface area contributed by atoms with Gasteiger partial charge >= 0.3 is 19.5 Å². The van der Waals surface area contributed by atoms with E-state index in [1.165, 1.54) is 27.8 Å². The number of hydrogen-bond acceptors (Lipinski definition) is 1. The number of aromatic nitrogens is 1. The third-order valence-corrected chi connectivity index (χ3v) is 4.47.